The van der Waals surface area contributed by atoms with Gasteiger partial charge in [0.05, 0.1) is 11.6 Å². The van der Waals surface area contributed by atoms with Crippen LogP contribution in [0, 0.1) is 0 Å². The van der Waals surface area contributed by atoms with E-state index in [1.807, 2.05) is 0 Å². The second kappa shape index (κ2) is 10.4. The van der Waals surface area contributed by atoms with E-state index in [0.29, 0.717) is 17.3 Å². The summed E-state index contributed by atoms with van der Waals surface area (Å²) < 4.78 is 11.0. The highest BCUT2D eigenvalue weighted by Gasteiger charge is 2.19. The summed E-state index contributed by atoms with van der Waals surface area (Å²) in [5, 5.41) is 0.530. The molecular weight excluding hydrogens is 405 g/mol. The molecule has 0 aliphatic rings. The van der Waals surface area contributed by atoms with Gasteiger partial charge in [0.1, 0.15) is 16.5 Å². The fraction of sp³-hybridized carbons (Fsp3) is 0.368. The number of hydrogen-bond acceptors (Lipinski definition) is 5. The highest BCUT2D eigenvalue weighted by molar-refractivity contribution is 6.42. The molecule has 1 unspecified atom stereocenters. The van der Waals surface area contributed by atoms with Gasteiger partial charge >= 0.3 is 5.91 Å². The number of carbonyl (C=O) groups excluding carboxylic acids is 2. The molecule has 1 aromatic carbocycles. The summed E-state index contributed by atoms with van der Waals surface area (Å²) in [6.07, 6.45) is -0.911. The number of nitrogens with zero attached hydrogens (tertiary/aromatic N) is 1. The molecule has 2 amide bonds. The van der Waals surface area contributed by atoms with Crippen LogP contribution in [-0.2, 0) is 11.3 Å². The molecular formula is C19H23Cl2N3O4. The fourth-order valence-electron chi connectivity index (χ4n) is 2.35. The zero-order chi connectivity index (χ0) is 20.7. The summed E-state index contributed by atoms with van der Waals surface area (Å²) in [5.41, 5.74) is 4.60. The standard InChI is InChI=1S/C19H23Cl2N3O4/c1-4-24(5-2)11-13-9-10-16(28-13)19(26)23-22-18(25)12(3)27-15-8-6-7-14(20)17(15)21/h6-10,12H,4-5,11H2,1-3H3,(H,22,25)(H,23,26). The zero-order valence-electron chi connectivity index (χ0n) is 15.9. The molecule has 0 bridgehead atoms. The molecule has 0 fully saturated rings. The molecule has 9 heteroatoms. The predicted octanol–water partition coefficient (Wildman–Crippen LogP) is 3.66. The number of amides is 2. The molecule has 2 rings (SSSR count). The first kappa shape index (κ1) is 22.1. The van der Waals surface area contributed by atoms with Crippen LogP contribution in [0.3, 0.4) is 0 Å². The van der Waals surface area contributed by atoms with Crippen LogP contribution in [-0.4, -0.2) is 35.9 Å². The van der Waals surface area contributed by atoms with Crippen LogP contribution in [0.5, 0.6) is 5.75 Å². The van der Waals surface area contributed by atoms with Crippen LogP contribution in [0.15, 0.2) is 34.7 Å². The Morgan fingerprint density at radius 3 is 2.54 bits per heavy atom. The number of furan rings is 1. The van der Waals surface area contributed by atoms with Gasteiger partial charge in [-0.25, -0.2) is 0 Å². The Morgan fingerprint density at radius 2 is 1.86 bits per heavy atom. The summed E-state index contributed by atoms with van der Waals surface area (Å²) in [6, 6.07) is 8.16. The van der Waals surface area contributed by atoms with Crippen molar-refractivity contribution in [3.8, 4) is 5.75 Å². The number of rotatable bonds is 8. The van der Waals surface area contributed by atoms with E-state index in [2.05, 4.69) is 29.6 Å². The van der Waals surface area contributed by atoms with Gasteiger partial charge in [-0.15, -0.1) is 0 Å². The molecule has 152 valence electrons. The number of nitrogens with one attached hydrogen (secondary N) is 2. The van der Waals surface area contributed by atoms with Gasteiger partial charge in [0.2, 0.25) is 0 Å². The Bertz CT molecular complexity index is 821. The van der Waals surface area contributed by atoms with Crippen molar-refractivity contribution in [3.05, 3.63) is 51.9 Å². The predicted molar refractivity (Wildman–Crippen MR) is 107 cm³/mol. The lowest BCUT2D eigenvalue weighted by Gasteiger charge is -2.16. The lowest BCUT2D eigenvalue weighted by Crippen LogP contribution is -2.47. The fourth-order valence-corrected chi connectivity index (χ4v) is 2.69. The quantitative estimate of drug-likeness (QED) is 0.627. The van der Waals surface area contributed by atoms with Gasteiger partial charge in [0.25, 0.3) is 5.91 Å². The molecule has 0 saturated heterocycles. The molecule has 0 radical (unpaired) electrons. The monoisotopic (exact) mass is 427 g/mol. The molecule has 0 aliphatic carbocycles. The SMILES string of the molecule is CCN(CC)Cc1ccc(C(=O)NNC(=O)C(C)Oc2cccc(Cl)c2Cl)o1. The largest absolute Gasteiger partial charge is 0.479 e. The number of hydrogen-bond donors (Lipinski definition) is 2. The smallest absolute Gasteiger partial charge is 0.305 e. The first-order chi connectivity index (χ1) is 13.3. The Labute approximate surface area is 173 Å². The van der Waals surface area contributed by atoms with E-state index in [0.717, 1.165) is 13.1 Å². The minimum absolute atomic E-state index is 0.105. The van der Waals surface area contributed by atoms with Gasteiger partial charge < -0.3 is 9.15 Å². The van der Waals surface area contributed by atoms with E-state index in [-0.39, 0.29) is 16.5 Å². The van der Waals surface area contributed by atoms with Crippen molar-refractivity contribution in [2.75, 3.05) is 13.1 Å². The third-order valence-corrected chi connectivity index (χ3v) is 4.85. The van der Waals surface area contributed by atoms with Crippen molar-refractivity contribution in [3.63, 3.8) is 0 Å². The van der Waals surface area contributed by atoms with E-state index in [1.165, 1.54) is 6.92 Å². The molecule has 1 atom stereocenters. The summed E-state index contributed by atoms with van der Waals surface area (Å²) in [4.78, 5) is 26.5. The molecule has 0 aliphatic heterocycles. The van der Waals surface area contributed by atoms with Crippen LogP contribution in [0.4, 0.5) is 0 Å². The van der Waals surface area contributed by atoms with Gasteiger partial charge in [-0.3, -0.25) is 25.3 Å². The lowest BCUT2D eigenvalue weighted by atomic mass is 10.3. The van der Waals surface area contributed by atoms with Crippen molar-refractivity contribution in [2.45, 2.75) is 33.4 Å². The van der Waals surface area contributed by atoms with Gasteiger partial charge in [-0.1, -0.05) is 43.1 Å². The molecule has 1 heterocycles. The molecule has 7 nitrogen and oxygen atoms in total. The van der Waals surface area contributed by atoms with Crippen molar-refractivity contribution >= 4 is 35.0 Å². The van der Waals surface area contributed by atoms with E-state index >= 15 is 0 Å². The summed E-state index contributed by atoms with van der Waals surface area (Å²) in [7, 11) is 0. The number of benzene rings is 1. The van der Waals surface area contributed by atoms with E-state index in [4.69, 9.17) is 32.4 Å². The number of carbonyl (C=O) groups is 2. The van der Waals surface area contributed by atoms with Crippen LogP contribution in [0.1, 0.15) is 37.1 Å². The molecule has 2 aromatic rings. The molecule has 2 N–H and O–H groups in total. The number of hydrazine groups is 1. The van der Waals surface area contributed by atoms with Crippen molar-refractivity contribution in [2.24, 2.45) is 0 Å². The van der Waals surface area contributed by atoms with Gasteiger partial charge in [-0.05, 0) is 44.3 Å². The average molecular weight is 428 g/mol. The summed E-state index contributed by atoms with van der Waals surface area (Å²) in [5.74, 6) is -0.0666. The first-order valence-corrected chi connectivity index (χ1v) is 9.63. The molecule has 0 saturated carbocycles. The minimum Gasteiger partial charge on any atom is -0.479 e. The Morgan fingerprint density at radius 1 is 1.14 bits per heavy atom. The average Bonchev–Trinajstić information content (AvgIpc) is 3.16. The van der Waals surface area contributed by atoms with Crippen molar-refractivity contribution in [1.29, 1.82) is 0 Å². The second-order valence-corrected chi connectivity index (χ2v) is 6.77. The van der Waals surface area contributed by atoms with E-state index in [1.54, 1.807) is 30.3 Å². The highest BCUT2D eigenvalue weighted by atomic mass is 35.5. The maximum atomic E-state index is 12.2. The van der Waals surface area contributed by atoms with Crippen LogP contribution in [0.2, 0.25) is 10.0 Å². The lowest BCUT2D eigenvalue weighted by molar-refractivity contribution is -0.128. The maximum absolute atomic E-state index is 12.2. The molecule has 1 aromatic heterocycles. The molecule has 28 heavy (non-hydrogen) atoms. The zero-order valence-corrected chi connectivity index (χ0v) is 17.4. The Hall–Kier alpha value is -2.22. The topological polar surface area (TPSA) is 83.8 Å². The van der Waals surface area contributed by atoms with Crippen molar-refractivity contribution < 1.29 is 18.7 Å². The van der Waals surface area contributed by atoms with Gasteiger partial charge in [-0.2, -0.15) is 0 Å². The van der Waals surface area contributed by atoms with Crippen molar-refractivity contribution in [1.82, 2.24) is 15.8 Å². The Kier molecular flexibility index (Phi) is 8.17. The van der Waals surface area contributed by atoms with Crippen LogP contribution < -0.4 is 15.6 Å². The number of halogens is 2. The number of ether oxygens (including phenoxy) is 1. The second-order valence-electron chi connectivity index (χ2n) is 5.98. The highest BCUT2D eigenvalue weighted by Crippen LogP contribution is 2.32. The molecule has 0 spiro atoms. The minimum atomic E-state index is -0.911. The van der Waals surface area contributed by atoms with E-state index < -0.39 is 17.9 Å². The maximum Gasteiger partial charge on any atom is 0.305 e. The van der Waals surface area contributed by atoms with E-state index in [9.17, 15) is 9.59 Å². The van der Waals surface area contributed by atoms with Gasteiger partial charge in [0.15, 0.2) is 11.9 Å². The third-order valence-electron chi connectivity index (χ3n) is 4.05. The van der Waals surface area contributed by atoms with Crippen LogP contribution >= 0.6 is 23.2 Å². The summed E-state index contributed by atoms with van der Waals surface area (Å²) >= 11 is 12.0. The Balaban J connectivity index is 1.87. The van der Waals surface area contributed by atoms with Crippen LogP contribution in [0.25, 0.3) is 0 Å². The summed E-state index contributed by atoms with van der Waals surface area (Å²) in [6.45, 7) is 7.99. The normalized spacial score (nSPS) is 11.9. The van der Waals surface area contributed by atoms with Gasteiger partial charge in [0, 0.05) is 0 Å². The first-order valence-electron chi connectivity index (χ1n) is 8.87. The third kappa shape index (κ3) is 5.89.